The summed E-state index contributed by atoms with van der Waals surface area (Å²) in [5, 5.41) is 3.43. The van der Waals surface area contributed by atoms with Crippen molar-refractivity contribution in [1.82, 2.24) is 10.2 Å². The quantitative estimate of drug-likeness (QED) is 0.924. The SMILES string of the molecule is O=C(CC1CSCCN1)N1CCCC1Cc1cccc(F)c1. The van der Waals surface area contributed by atoms with Crippen molar-refractivity contribution in [3.05, 3.63) is 35.6 Å². The Balaban J connectivity index is 1.58. The lowest BCUT2D eigenvalue weighted by atomic mass is 10.0. The Labute approximate surface area is 135 Å². The molecule has 1 amide bonds. The average Bonchev–Trinajstić information content (AvgIpc) is 2.96. The zero-order valence-corrected chi connectivity index (χ0v) is 13.6. The van der Waals surface area contributed by atoms with Crippen molar-refractivity contribution in [1.29, 1.82) is 0 Å². The lowest BCUT2D eigenvalue weighted by Crippen LogP contribution is -2.44. The van der Waals surface area contributed by atoms with Crippen LogP contribution in [0.15, 0.2) is 24.3 Å². The molecule has 2 fully saturated rings. The highest BCUT2D eigenvalue weighted by atomic mass is 32.2. The van der Waals surface area contributed by atoms with Crippen molar-refractivity contribution < 1.29 is 9.18 Å². The normalized spacial score (nSPS) is 25.4. The molecule has 3 rings (SSSR count). The molecule has 0 spiro atoms. The van der Waals surface area contributed by atoms with Crippen LogP contribution in [0.25, 0.3) is 0 Å². The predicted octanol–water partition coefficient (Wildman–Crippen LogP) is 2.45. The molecule has 2 heterocycles. The Hall–Kier alpha value is -1.07. The van der Waals surface area contributed by atoms with Gasteiger partial charge in [0.25, 0.3) is 0 Å². The van der Waals surface area contributed by atoms with Crippen LogP contribution < -0.4 is 5.32 Å². The fourth-order valence-corrected chi connectivity index (χ4v) is 4.34. The smallest absolute Gasteiger partial charge is 0.224 e. The van der Waals surface area contributed by atoms with Crippen molar-refractivity contribution in [2.24, 2.45) is 0 Å². The van der Waals surface area contributed by atoms with E-state index in [1.54, 1.807) is 12.1 Å². The topological polar surface area (TPSA) is 32.3 Å². The zero-order chi connectivity index (χ0) is 15.4. The molecule has 1 aromatic carbocycles. The second kappa shape index (κ2) is 7.47. The minimum Gasteiger partial charge on any atom is -0.339 e. The fourth-order valence-electron chi connectivity index (χ4n) is 3.39. The van der Waals surface area contributed by atoms with Gasteiger partial charge in [0.1, 0.15) is 5.82 Å². The summed E-state index contributed by atoms with van der Waals surface area (Å²) in [6, 6.07) is 7.28. The molecule has 2 aliphatic heterocycles. The Morgan fingerprint density at radius 2 is 2.36 bits per heavy atom. The highest BCUT2D eigenvalue weighted by molar-refractivity contribution is 7.99. The van der Waals surface area contributed by atoms with Gasteiger partial charge in [-0.3, -0.25) is 4.79 Å². The van der Waals surface area contributed by atoms with Crippen LogP contribution in [0, 0.1) is 5.82 Å². The summed E-state index contributed by atoms with van der Waals surface area (Å²) in [6.07, 6.45) is 3.43. The highest BCUT2D eigenvalue weighted by Crippen LogP contribution is 2.23. The van der Waals surface area contributed by atoms with Crippen LogP contribution in [0.1, 0.15) is 24.8 Å². The summed E-state index contributed by atoms with van der Waals surface area (Å²) in [7, 11) is 0. The molecule has 2 unspecified atom stereocenters. The number of likely N-dealkylation sites (tertiary alicyclic amines) is 1. The lowest BCUT2D eigenvalue weighted by Gasteiger charge is -2.29. The van der Waals surface area contributed by atoms with E-state index in [0.29, 0.717) is 12.5 Å². The maximum atomic E-state index is 13.3. The van der Waals surface area contributed by atoms with Gasteiger partial charge < -0.3 is 10.2 Å². The molecule has 0 aromatic heterocycles. The van der Waals surface area contributed by atoms with Gasteiger partial charge in [-0.2, -0.15) is 11.8 Å². The van der Waals surface area contributed by atoms with Gasteiger partial charge in [0.2, 0.25) is 5.91 Å². The standard InChI is InChI=1S/C17H23FN2OS/c18-14-4-1-3-13(9-14)10-16-5-2-7-20(16)17(21)11-15-12-22-8-6-19-15/h1,3-4,9,15-16,19H,2,5-8,10-12H2. The minimum absolute atomic E-state index is 0.197. The van der Waals surface area contributed by atoms with Crippen LogP contribution in [0.2, 0.25) is 0 Å². The van der Waals surface area contributed by atoms with E-state index in [0.717, 1.165) is 49.4 Å². The number of thioether (sulfide) groups is 1. The number of carbonyl (C=O) groups is 1. The third kappa shape index (κ3) is 4.02. The summed E-state index contributed by atoms with van der Waals surface area (Å²) in [5.74, 6) is 2.21. The molecule has 3 nitrogen and oxygen atoms in total. The van der Waals surface area contributed by atoms with Crippen molar-refractivity contribution in [2.45, 2.75) is 37.8 Å². The van der Waals surface area contributed by atoms with Gasteiger partial charge in [-0.15, -0.1) is 0 Å². The summed E-state index contributed by atoms with van der Waals surface area (Å²) < 4.78 is 13.3. The summed E-state index contributed by atoms with van der Waals surface area (Å²) in [5.41, 5.74) is 0.982. The predicted molar refractivity (Wildman–Crippen MR) is 88.6 cm³/mol. The first-order chi connectivity index (χ1) is 10.7. The third-order valence-electron chi connectivity index (χ3n) is 4.48. The van der Waals surface area contributed by atoms with Crippen molar-refractivity contribution in [2.75, 3.05) is 24.6 Å². The third-order valence-corrected chi connectivity index (χ3v) is 5.61. The maximum Gasteiger partial charge on any atom is 0.224 e. The molecule has 0 radical (unpaired) electrons. The van der Waals surface area contributed by atoms with E-state index in [9.17, 15) is 9.18 Å². The number of carbonyl (C=O) groups excluding carboxylic acids is 1. The monoisotopic (exact) mass is 322 g/mol. The van der Waals surface area contributed by atoms with Gasteiger partial charge in [-0.05, 0) is 37.0 Å². The Kier molecular flexibility index (Phi) is 5.37. The van der Waals surface area contributed by atoms with Crippen molar-refractivity contribution in [3.63, 3.8) is 0 Å². The van der Waals surface area contributed by atoms with Crippen molar-refractivity contribution in [3.8, 4) is 0 Å². The molecule has 0 bridgehead atoms. The number of benzene rings is 1. The highest BCUT2D eigenvalue weighted by Gasteiger charge is 2.30. The number of halogens is 1. The Bertz CT molecular complexity index is 519. The molecule has 22 heavy (non-hydrogen) atoms. The zero-order valence-electron chi connectivity index (χ0n) is 12.8. The number of nitrogens with one attached hydrogen (secondary N) is 1. The summed E-state index contributed by atoms with van der Waals surface area (Å²) in [6.45, 7) is 1.84. The second-order valence-electron chi connectivity index (χ2n) is 6.15. The minimum atomic E-state index is -0.197. The van der Waals surface area contributed by atoms with E-state index in [2.05, 4.69) is 5.32 Å². The van der Waals surface area contributed by atoms with Crippen LogP contribution in [0.3, 0.4) is 0 Å². The van der Waals surface area contributed by atoms with E-state index in [-0.39, 0.29) is 17.8 Å². The van der Waals surface area contributed by atoms with Crippen LogP contribution in [-0.2, 0) is 11.2 Å². The molecule has 0 saturated carbocycles. The number of hydrogen-bond donors (Lipinski definition) is 1. The first kappa shape index (κ1) is 15.8. The van der Waals surface area contributed by atoms with E-state index in [1.165, 1.54) is 6.07 Å². The van der Waals surface area contributed by atoms with E-state index >= 15 is 0 Å². The molecule has 5 heteroatoms. The van der Waals surface area contributed by atoms with Crippen LogP contribution >= 0.6 is 11.8 Å². The molecule has 1 N–H and O–H groups in total. The van der Waals surface area contributed by atoms with Gasteiger partial charge in [0.15, 0.2) is 0 Å². The number of amides is 1. The van der Waals surface area contributed by atoms with Gasteiger partial charge in [0, 0.05) is 43.1 Å². The van der Waals surface area contributed by atoms with Crippen LogP contribution in [0.5, 0.6) is 0 Å². The number of rotatable bonds is 4. The fraction of sp³-hybridized carbons (Fsp3) is 0.588. The molecule has 2 saturated heterocycles. The summed E-state index contributed by atoms with van der Waals surface area (Å²) in [4.78, 5) is 14.6. The molecular weight excluding hydrogens is 299 g/mol. The number of nitrogens with zero attached hydrogens (tertiary/aromatic N) is 1. The lowest BCUT2D eigenvalue weighted by molar-refractivity contribution is -0.132. The molecule has 2 aliphatic rings. The Morgan fingerprint density at radius 1 is 1.45 bits per heavy atom. The van der Waals surface area contributed by atoms with Gasteiger partial charge in [0.05, 0.1) is 0 Å². The van der Waals surface area contributed by atoms with Gasteiger partial charge in [-0.25, -0.2) is 4.39 Å². The van der Waals surface area contributed by atoms with Crippen LogP contribution in [0.4, 0.5) is 4.39 Å². The molecule has 2 atom stereocenters. The summed E-state index contributed by atoms with van der Waals surface area (Å²) >= 11 is 1.92. The van der Waals surface area contributed by atoms with Crippen LogP contribution in [-0.4, -0.2) is 47.5 Å². The van der Waals surface area contributed by atoms with Gasteiger partial charge in [-0.1, -0.05) is 12.1 Å². The molecular formula is C17H23FN2OS. The first-order valence-electron chi connectivity index (χ1n) is 8.07. The van der Waals surface area contributed by atoms with Crippen molar-refractivity contribution >= 4 is 17.7 Å². The van der Waals surface area contributed by atoms with E-state index < -0.39 is 0 Å². The maximum absolute atomic E-state index is 13.3. The molecule has 120 valence electrons. The largest absolute Gasteiger partial charge is 0.339 e. The molecule has 1 aromatic rings. The first-order valence-corrected chi connectivity index (χ1v) is 9.23. The average molecular weight is 322 g/mol. The van der Waals surface area contributed by atoms with E-state index in [1.807, 2.05) is 22.7 Å². The van der Waals surface area contributed by atoms with Gasteiger partial charge >= 0.3 is 0 Å². The molecule has 0 aliphatic carbocycles. The second-order valence-corrected chi connectivity index (χ2v) is 7.30. The number of hydrogen-bond acceptors (Lipinski definition) is 3. The Morgan fingerprint density at radius 3 is 3.14 bits per heavy atom. The van der Waals surface area contributed by atoms with E-state index in [4.69, 9.17) is 0 Å².